The van der Waals surface area contributed by atoms with Crippen LogP contribution in [-0.4, -0.2) is 34.0 Å². The van der Waals surface area contributed by atoms with Gasteiger partial charge >= 0.3 is 5.97 Å². The van der Waals surface area contributed by atoms with Crippen molar-refractivity contribution < 1.29 is 19.7 Å². The number of aliphatic hydroxyl groups is 1. The van der Waals surface area contributed by atoms with Gasteiger partial charge in [-0.2, -0.15) is 0 Å². The summed E-state index contributed by atoms with van der Waals surface area (Å²) in [5, 5.41) is 18.3. The first-order valence-electron chi connectivity index (χ1n) is 4.21. The van der Waals surface area contributed by atoms with Gasteiger partial charge in [0.1, 0.15) is 0 Å². The van der Waals surface area contributed by atoms with Crippen molar-refractivity contribution in [3.05, 3.63) is 0 Å². The molecular weight excluding hydrogens is 160 g/mol. The molecule has 12 heavy (non-hydrogen) atoms. The molecule has 0 bridgehead atoms. The number of fused-ring (bicyclic) bond motifs is 1. The zero-order valence-corrected chi connectivity index (χ0v) is 6.86. The summed E-state index contributed by atoms with van der Waals surface area (Å²) in [6.07, 6.45) is 0.290. The molecular formula is C8H12O4. The Kier molecular flexibility index (Phi) is 1.47. The highest BCUT2D eigenvalue weighted by Gasteiger charge is 2.71. The number of ether oxygens (including phenoxy) is 1. The number of rotatable bonds is 2. The summed E-state index contributed by atoms with van der Waals surface area (Å²) in [6.45, 7) is 1.88. The maximum atomic E-state index is 10.7. The highest BCUT2D eigenvalue weighted by Crippen LogP contribution is 2.56. The number of hydrogen-bond donors (Lipinski definition) is 2. The molecule has 0 aromatic heterocycles. The first-order valence-corrected chi connectivity index (χ1v) is 4.21. The SMILES string of the molecule is CCC1OC2(C(=O)O)CC2C1O. The molecule has 0 aromatic carbocycles. The second kappa shape index (κ2) is 2.20. The number of aliphatic hydroxyl groups excluding tert-OH is 1. The van der Waals surface area contributed by atoms with E-state index in [0.717, 1.165) is 0 Å². The Labute approximate surface area is 70.1 Å². The standard InChI is InChI=1S/C8H12O4/c1-2-5-6(9)4-3-8(4,12-5)7(10)11/h4-6,9H,2-3H2,1H3,(H,10,11). The largest absolute Gasteiger partial charge is 0.479 e. The molecule has 4 heteroatoms. The molecule has 1 saturated heterocycles. The van der Waals surface area contributed by atoms with Gasteiger partial charge in [-0.3, -0.25) is 0 Å². The molecule has 0 radical (unpaired) electrons. The van der Waals surface area contributed by atoms with Gasteiger partial charge in [0.2, 0.25) is 0 Å². The molecule has 1 saturated carbocycles. The van der Waals surface area contributed by atoms with E-state index in [0.29, 0.717) is 12.8 Å². The summed E-state index contributed by atoms with van der Waals surface area (Å²) in [5.41, 5.74) is -1.03. The van der Waals surface area contributed by atoms with Crippen molar-refractivity contribution >= 4 is 5.97 Å². The fourth-order valence-corrected chi connectivity index (χ4v) is 2.02. The van der Waals surface area contributed by atoms with Gasteiger partial charge in [0, 0.05) is 5.92 Å². The molecule has 2 N–H and O–H groups in total. The molecule has 1 heterocycles. The number of carboxylic acid groups (broad SMARTS) is 1. The van der Waals surface area contributed by atoms with E-state index < -0.39 is 17.7 Å². The zero-order chi connectivity index (χ0) is 8.93. The summed E-state index contributed by atoms with van der Waals surface area (Å²) in [7, 11) is 0. The van der Waals surface area contributed by atoms with Crippen molar-refractivity contribution in [3.63, 3.8) is 0 Å². The molecule has 4 atom stereocenters. The van der Waals surface area contributed by atoms with Gasteiger partial charge < -0.3 is 14.9 Å². The lowest BCUT2D eigenvalue weighted by atomic mass is 10.1. The summed E-state index contributed by atoms with van der Waals surface area (Å²) in [5.74, 6) is -1.09. The second-order valence-corrected chi connectivity index (χ2v) is 3.56. The van der Waals surface area contributed by atoms with E-state index in [4.69, 9.17) is 9.84 Å². The Morgan fingerprint density at radius 2 is 2.42 bits per heavy atom. The lowest BCUT2D eigenvalue weighted by molar-refractivity contribution is -0.155. The van der Waals surface area contributed by atoms with Crippen LogP contribution < -0.4 is 0 Å². The predicted octanol–water partition coefficient (Wildman–Crippen LogP) is -0.000600. The Morgan fingerprint density at radius 1 is 1.75 bits per heavy atom. The van der Waals surface area contributed by atoms with Crippen molar-refractivity contribution in [2.45, 2.75) is 37.6 Å². The van der Waals surface area contributed by atoms with Crippen molar-refractivity contribution in [2.24, 2.45) is 5.92 Å². The Balaban J connectivity index is 2.14. The minimum atomic E-state index is -1.03. The fourth-order valence-electron chi connectivity index (χ4n) is 2.02. The van der Waals surface area contributed by atoms with Crippen LogP contribution in [0.25, 0.3) is 0 Å². The molecule has 4 unspecified atom stereocenters. The molecule has 0 aromatic rings. The second-order valence-electron chi connectivity index (χ2n) is 3.56. The summed E-state index contributed by atoms with van der Waals surface area (Å²) in [4.78, 5) is 10.7. The molecule has 0 amide bonds. The molecule has 0 spiro atoms. The fraction of sp³-hybridized carbons (Fsp3) is 0.875. The van der Waals surface area contributed by atoms with Crippen LogP contribution in [0.1, 0.15) is 19.8 Å². The Hall–Kier alpha value is -0.610. The number of hydrogen-bond acceptors (Lipinski definition) is 3. The van der Waals surface area contributed by atoms with Gasteiger partial charge in [0.05, 0.1) is 12.2 Å². The third-order valence-electron chi connectivity index (χ3n) is 2.88. The van der Waals surface area contributed by atoms with E-state index in [-0.39, 0.29) is 12.0 Å². The number of carboxylic acids is 1. The first kappa shape index (κ1) is 8.01. The van der Waals surface area contributed by atoms with Crippen LogP contribution in [0.15, 0.2) is 0 Å². The van der Waals surface area contributed by atoms with Crippen molar-refractivity contribution in [1.29, 1.82) is 0 Å². The van der Waals surface area contributed by atoms with Gasteiger partial charge in [0.25, 0.3) is 0 Å². The lowest BCUT2D eigenvalue weighted by Crippen LogP contribution is -2.28. The minimum absolute atomic E-state index is 0.167. The maximum absolute atomic E-state index is 10.7. The summed E-state index contributed by atoms with van der Waals surface area (Å²) in [6, 6.07) is 0. The van der Waals surface area contributed by atoms with E-state index in [9.17, 15) is 9.90 Å². The maximum Gasteiger partial charge on any atom is 0.336 e. The first-order chi connectivity index (χ1) is 5.62. The monoisotopic (exact) mass is 172 g/mol. The number of carbonyl (C=O) groups is 1. The average molecular weight is 172 g/mol. The Bertz CT molecular complexity index is 227. The van der Waals surface area contributed by atoms with E-state index in [1.807, 2.05) is 6.92 Å². The summed E-state index contributed by atoms with van der Waals surface area (Å²) < 4.78 is 5.30. The van der Waals surface area contributed by atoms with E-state index in [2.05, 4.69) is 0 Å². The van der Waals surface area contributed by atoms with Crippen LogP contribution in [0, 0.1) is 5.92 Å². The average Bonchev–Trinajstić information content (AvgIpc) is 2.69. The van der Waals surface area contributed by atoms with Crippen LogP contribution in [0.2, 0.25) is 0 Å². The summed E-state index contributed by atoms with van der Waals surface area (Å²) >= 11 is 0. The third-order valence-corrected chi connectivity index (χ3v) is 2.88. The molecule has 2 rings (SSSR count). The predicted molar refractivity (Wildman–Crippen MR) is 39.6 cm³/mol. The molecule has 1 aliphatic carbocycles. The molecule has 2 aliphatic rings. The molecule has 4 nitrogen and oxygen atoms in total. The minimum Gasteiger partial charge on any atom is -0.479 e. The van der Waals surface area contributed by atoms with E-state index in [1.165, 1.54) is 0 Å². The smallest absolute Gasteiger partial charge is 0.336 e. The van der Waals surface area contributed by atoms with Crippen molar-refractivity contribution in [3.8, 4) is 0 Å². The third kappa shape index (κ3) is 0.765. The van der Waals surface area contributed by atoms with Crippen LogP contribution in [0.5, 0.6) is 0 Å². The molecule has 2 fully saturated rings. The van der Waals surface area contributed by atoms with Gasteiger partial charge in [-0.05, 0) is 12.8 Å². The van der Waals surface area contributed by atoms with Crippen LogP contribution in [-0.2, 0) is 9.53 Å². The van der Waals surface area contributed by atoms with Crippen LogP contribution in [0.4, 0.5) is 0 Å². The topological polar surface area (TPSA) is 66.8 Å². The van der Waals surface area contributed by atoms with Crippen LogP contribution >= 0.6 is 0 Å². The molecule has 1 aliphatic heterocycles. The van der Waals surface area contributed by atoms with Crippen LogP contribution in [0.3, 0.4) is 0 Å². The van der Waals surface area contributed by atoms with E-state index >= 15 is 0 Å². The quantitative estimate of drug-likeness (QED) is 0.615. The Morgan fingerprint density at radius 3 is 2.75 bits per heavy atom. The highest BCUT2D eigenvalue weighted by atomic mass is 16.6. The normalized spacial score (nSPS) is 50.3. The highest BCUT2D eigenvalue weighted by molar-refractivity contribution is 5.82. The van der Waals surface area contributed by atoms with Gasteiger partial charge in [-0.1, -0.05) is 6.92 Å². The molecule has 68 valence electrons. The van der Waals surface area contributed by atoms with E-state index in [1.54, 1.807) is 0 Å². The lowest BCUT2D eigenvalue weighted by Gasteiger charge is -2.16. The van der Waals surface area contributed by atoms with Crippen molar-refractivity contribution in [2.75, 3.05) is 0 Å². The van der Waals surface area contributed by atoms with Gasteiger partial charge in [-0.25, -0.2) is 4.79 Å². The van der Waals surface area contributed by atoms with Crippen molar-refractivity contribution in [1.82, 2.24) is 0 Å². The number of aliphatic carboxylic acids is 1. The van der Waals surface area contributed by atoms with Gasteiger partial charge in [0.15, 0.2) is 5.60 Å². The van der Waals surface area contributed by atoms with Gasteiger partial charge in [-0.15, -0.1) is 0 Å². The zero-order valence-electron chi connectivity index (χ0n) is 6.86.